The summed E-state index contributed by atoms with van der Waals surface area (Å²) in [7, 11) is 1.24. The second kappa shape index (κ2) is 6.21. The van der Waals surface area contributed by atoms with E-state index in [-0.39, 0.29) is 22.0 Å². The van der Waals surface area contributed by atoms with Crippen molar-refractivity contribution in [2.75, 3.05) is 7.11 Å². The SMILES string of the molecule is COC(=O)c1cc2c(=O)n3cccc(C)c3nc2n(-c2ccccc2)c1=N. The number of carbonyl (C=O) groups is 1. The van der Waals surface area contributed by atoms with Gasteiger partial charge in [-0.05, 0) is 36.8 Å². The van der Waals surface area contributed by atoms with Gasteiger partial charge in [0.25, 0.3) is 5.56 Å². The number of hydrogen-bond donors (Lipinski definition) is 1. The summed E-state index contributed by atoms with van der Waals surface area (Å²) in [5.74, 6) is -0.680. The van der Waals surface area contributed by atoms with E-state index in [1.807, 2.05) is 31.2 Å². The third kappa shape index (κ3) is 2.52. The van der Waals surface area contributed by atoms with Crippen molar-refractivity contribution in [3.63, 3.8) is 0 Å². The summed E-state index contributed by atoms with van der Waals surface area (Å²) in [5, 5.41) is 8.78. The average Bonchev–Trinajstić information content (AvgIpc) is 2.69. The number of nitrogens with one attached hydrogen (secondary N) is 1. The molecule has 4 rings (SSSR count). The number of nitrogens with zero attached hydrogens (tertiary/aromatic N) is 3. The second-order valence-corrected chi connectivity index (χ2v) is 6.11. The minimum atomic E-state index is -0.680. The van der Waals surface area contributed by atoms with Gasteiger partial charge in [0.05, 0.1) is 12.5 Å². The molecular formula is C20H16N4O3. The topological polar surface area (TPSA) is 89.4 Å². The fourth-order valence-electron chi connectivity index (χ4n) is 3.13. The van der Waals surface area contributed by atoms with Crippen molar-refractivity contribution < 1.29 is 9.53 Å². The maximum absolute atomic E-state index is 13.1. The van der Waals surface area contributed by atoms with E-state index in [4.69, 9.17) is 10.1 Å². The Morgan fingerprint density at radius 3 is 2.56 bits per heavy atom. The van der Waals surface area contributed by atoms with E-state index in [1.54, 1.807) is 24.4 Å². The summed E-state index contributed by atoms with van der Waals surface area (Å²) in [6.07, 6.45) is 1.64. The van der Waals surface area contributed by atoms with Crippen LogP contribution in [0.5, 0.6) is 0 Å². The summed E-state index contributed by atoms with van der Waals surface area (Å²) in [5.41, 5.74) is 1.88. The van der Waals surface area contributed by atoms with Crippen molar-refractivity contribution in [1.82, 2.24) is 14.0 Å². The van der Waals surface area contributed by atoms with E-state index >= 15 is 0 Å². The molecule has 0 saturated heterocycles. The number of benzene rings is 1. The first-order valence-electron chi connectivity index (χ1n) is 8.29. The Labute approximate surface area is 153 Å². The Balaban J connectivity index is 2.28. The summed E-state index contributed by atoms with van der Waals surface area (Å²) in [4.78, 5) is 30.0. The molecule has 7 nitrogen and oxygen atoms in total. The van der Waals surface area contributed by atoms with Crippen molar-refractivity contribution in [2.45, 2.75) is 6.92 Å². The normalized spacial score (nSPS) is 11.0. The van der Waals surface area contributed by atoms with Crippen LogP contribution in [0.15, 0.2) is 59.5 Å². The van der Waals surface area contributed by atoms with Gasteiger partial charge in [0.15, 0.2) is 5.65 Å². The fraction of sp³-hybridized carbons (Fsp3) is 0.100. The van der Waals surface area contributed by atoms with E-state index in [2.05, 4.69) is 4.98 Å². The number of hydrogen-bond acceptors (Lipinski definition) is 5. The molecule has 0 bridgehead atoms. The Hall–Kier alpha value is -3.74. The van der Waals surface area contributed by atoms with Gasteiger partial charge >= 0.3 is 5.97 Å². The highest BCUT2D eigenvalue weighted by Crippen LogP contribution is 2.16. The van der Waals surface area contributed by atoms with Crippen LogP contribution in [0.2, 0.25) is 0 Å². The maximum atomic E-state index is 13.1. The summed E-state index contributed by atoms with van der Waals surface area (Å²) < 4.78 is 7.74. The van der Waals surface area contributed by atoms with Gasteiger partial charge in [-0.15, -0.1) is 0 Å². The molecule has 0 unspecified atom stereocenters. The number of pyridine rings is 2. The summed E-state index contributed by atoms with van der Waals surface area (Å²) in [6, 6.07) is 14.1. The van der Waals surface area contributed by atoms with Gasteiger partial charge in [0, 0.05) is 11.9 Å². The largest absolute Gasteiger partial charge is 0.465 e. The van der Waals surface area contributed by atoms with Crippen LogP contribution in [0.25, 0.3) is 22.4 Å². The highest BCUT2D eigenvalue weighted by atomic mass is 16.5. The average molecular weight is 360 g/mol. The maximum Gasteiger partial charge on any atom is 0.341 e. The van der Waals surface area contributed by atoms with Gasteiger partial charge in [-0.1, -0.05) is 24.3 Å². The van der Waals surface area contributed by atoms with Gasteiger partial charge in [0.2, 0.25) is 0 Å². The number of carbonyl (C=O) groups excluding carboxylic acids is 1. The minimum absolute atomic E-state index is 0.000330. The molecule has 1 N–H and O–H groups in total. The van der Waals surface area contributed by atoms with Gasteiger partial charge < -0.3 is 4.74 Å². The molecule has 0 aliphatic rings. The first kappa shape index (κ1) is 16.7. The standard InChI is InChI=1S/C20H16N4O3/c1-12-7-6-10-23-17(12)22-18-15(19(23)25)11-14(20(26)27-2)16(21)24(18)13-8-4-3-5-9-13/h3-11,21H,1-2H3. The van der Waals surface area contributed by atoms with E-state index in [0.29, 0.717) is 17.0 Å². The zero-order chi connectivity index (χ0) is 19.1. The Morgan fingerprint density at radius 2 is 1.85 bits per heavy atom. The fourth-order valence-corrected chi connectivity index (χ4v) is 3.13. The molecule has 0 fully saturated rings. The molecule has 0 radical (unpaired) electrons. The smallest absolute Gasteiger partial charge is 0.341 e. The van der Waals surface area contributed by atoms with Crippen LogP contribution in [-0.4, -0.2) is 27.0 Å². The third-order valence-electron chi connectivity index (χ3n) is 4.46. The molecule has 0 amide bonds. The minimum Gasteiger partial charge on any atom is -0.465 e. The van der Waals surface area contributed by atoms with Gasteiger partial charge in [0.1, 0.15) is 16.7 Å². The Morgan fingerprint density at radius 1 is 1.11 bits per heavy atom. The molecule has 27 heavy (non-hydrogen) atoms. The van der Waals surface area contributed by atoms with Crippen molar-refractivity contribution in [2.24, 2.45) is 0 Å². The van der Waals surface area contributed by atoms with Gasteiger partial charge in [-0.3, -0.25) is 19.2 Å². The lowest BCUT2D eigenvalue weighted by Crippen LogP contribution is -2.29. The first-order chi connectivity index (χ1) is 13.0. The van der Waals surface area contributed by atoms with E-state index < -0.39 is 5.97 Å². The zero-order valence-electron chi connectivity index (χ0n) is 14.8. The monoisotopic (exact) mass is 360 g/mol. The van der Waals surface area contributed by atoms with E-state index in [9.17, 15) is 9.59 Å². The van der Waals surface area contributed by atoms with Gasteiger partial charge in [-0.25, -0.2) is 9.78 Å². The predicted octanol–water partition coefficient (Wildman–Crippen LogP) is 2.21. The zero-order valence-corrected chi connectivity index (χ0v) is 14.8. The van der Waals surface area contributed by atoms with Crippen LogP contribution in [0.1, 0.15) is 15.9 Å². The van der Waals surface area contributed by atoms with Crippen molar-refractivity contribution >= 4 is 22.6 Å². The summed E-state index contributed by atoms with van der Waals surface area (Å²) >= 11 is 0. The molecule has 0 aliphatic heterocycles. The Kier molecular flexibility index (Phi) is 3.84. The number of esters is 1. The number of para-hydroxylation sites is 1. The van der Waals surface area contributed by atoms with E-state index in [1.165, 1.54) is 22.1 Å². The molecule has 1 aromatic carbocycles. The number of methoxy groups -OCH3 is 1. The lowest BCUT2D eigenvalue weighted by atomic mass is 10.2. The van der Waals surface area contributed by atoms with Crippen molar-refractivity contribution in [3.05, 3.63) is 81.7 Å². The molecule has 0 saturated carbocycles. The molecule has 0 spiro atoms. The number of ether oxygens (including phenoxy) is 1. The first-order valence-corrected chi connectivity index (χ1v) is 8.29. The van der Waals surface area contributed by atoms with Crippen molar-refractivity contribution in [1.29, 1.82) is 5.41 Å². The van der Waals surface area contributed by atoms with Gasteiger partial charge in [-0.2, -0.15) is 0 Å². The molecule has 4 aromatic rings. The lowest BCUT2D eigenvalue weighted by molar-refractivity contribution is 0.0598. The molecule has 3 heterocycles. The number of rotatable bonds is 2. The van der Waals surface area contributed by atoms with Crippen LogP contribution in [-0.2, 0) is 4.74 Å². The van der Waals surface area contributed by atoms with E-state index in [0.717, 1.165) is 5.56 Å². The molecule has 3 aromatic heterocycles. The quantitative estimate of drug-likeness (QED) is 0.438. The molecule has 0 atom stereocenters. The van der Waals surface area contributed by atoms with Crippen LogP contribution < -0.4 is 11.0 Å². The van der Waals surface area contributed by atoms with Crippen LogP contribution in [0.3, 0.4) is 0 Å². The van der Waals surface area contributed by atoms with Crippen LogP contribution >= 0.6 is 0 Å². The molecular weight excluding hydrogens is 344 g/mol. The molecule has 7 heteroatoms. The predicted molar refractivity (Wildman–Crippen MR) is 100 cm³/mol. The number of aromatic nitrogens is 3. The third-order valence-corrected chi connectivity index (χ3v) is 4.46. The van der Waals surface area contributed by atoms with Crippen molar-refractivity contribution in [3.8, 4) is 5.69 Å². The second-order valence-electron chi connectivity index (χ2n) is 6.11. The summed E-state index contributed by atoms with van der Waals surface area (Å²) in [6.45, 7) is 1.87. The lowest BCUT2D eigenvalue weighted by Gasteiger charge is -2.14. The molecule has 134 valence electrons. The molecule has 0 aliphatic carbocycles. The highest BCUT2D eigenvalue weighted by Gasteiger charge is 2.19. The van der Waals surface area contributed by atoms with Crippen LogP contribution in [0.4, 0.5) is 0 Å². The van der Waals surface area contributed by atoms with Crippen LogP contribution in [0, 0.1) is 12.3 Å². The Bertz CT molecular complexity index is 1320. The number of aryl methyl sites for hydroxylation is 1. The highest BCUT2D eigenvalue weighted by molar-refractivity contribution is 5.93. The number of fused-ring (bicyclic) bond motifs is 2.